The van der Waals surface area contributed by atoms with Crippen LogP contribution in [0.15, 0.2) is 68.8 Å². The highest BCUT2D eigenvalue weighted by Gasteiger charge is 2.42. The molecule has 0 fully saturated rings. The van der Waals surface area contributed by atoms with E-state index in [4.69, 9.17) is 18.5 Å². The second-order valence-corrected chi connectivity index (χ2v) is 26.4. The first-order valence-electron chi connectivity index (χ1n) is 30.7. The van der Waals surface area contributed by atoms with Crippen molar-refractivity contribution in [2.45, 2.75) is 243 Å². The van der Waals surface area contributed by atoms with Gasteiger partial charge >= 0.3 is 19.5 Å². The molecule has 82 heavy (non-hydrogen) atoms. The Bertz CT molecular complexity index is 2920. The lowest BCUT2D eigenvalue weighted by Crippen LogP contribution is -2.35. The van der Waals surface area contributed by atoms with Gasteiger partial charge in [0.25, 0.3) is 25.7 Å². The number of fused-ring (bicyclic) bond motifs is 2. The Morgan fingerprint density at radius 3 is 1.63 bits per heavy atom. The maximum absolute atomic E-state index is 13.9. The number of benzene rings is 3. The van der Waals surface area contributed by atoms with E-state index in [0.717, 1.165) is 68.4 Å². The first kappa shape index (κ1) is 70.2. The molecular formula is C62H97N3O14PS2+. The quantitative estimate of drug-likeness (QED) is 0.00612. The maximum Gasteiger partial charge on any atom is 0.415 e. The summed E-state index contributed by atoms with van der Waals surface area (Å²) in [6.07, 6.45) is 26.0. The van der Waals surface area contributed by atoms with E-state index in [1.165, 1.54) is 107 Å². The average Bonchev–Trinajstić information content (AvgIpc) is 3.51. The molecule has 3 unspecified atom stereocenters. The number of hydrogen-bond donors (Lipinski definition) is 4. The highest BCUT2D eigenvalue weighted by Crippen LogP contribution is 2.45. The van der Waals surface area contributed by atoms with Gasteiger partial charge in [0, 0.05) is 47.0 Å². The maximum atomic E-state index is 13.9. The van der Waals surface area contributed by atoms with Crippen molar-refractivity contribution in [3.8, 4) is 22.5 Å². The summed E-state index contributed by atoms with van der Waals surface area (Å²) in [4.78, 5) is 50.6. The number of carbonyl (C=O) groups is 3. The summed E-state index contributed by atoms with van der Waals surface area (Å²) in [6.45, 7) is 13.5. The Morgan fingerprint density at radius 2 is 1.13 bits per heavy atom. The minimum atomic E-state index is -5.76. The van der Waals surface area contributed by atoms with Crippen molar-refractivity contribution in [2.75, 3.05) is 26.2 Å². The number of unbranched alkanes of at least 4 members (excludes halogenated alkanes) is 24. The van der Waals surface area contributed by atoms with Gasteiger partial charge in [-0.15, -0.1) is 0 Å². The zero-order chi connectivity index (χ0) is 60.0. The molecule has 17 nitrogen and oxygen atoms in total. The van der Waals surface area contributed by atoms with Crippen LogP contribution in [0.1, 0.15) is 233 Å². The number of rotatable bonds is 44. The number of nitrogens with one attached hydrogen (secondary N) is 2. The first-order chi connectivity index (χ1) is 39.3. The SMILES string of the molecule is CCCCCCCCCCCCCCCC(=O)OCC(OC(=O)CCCCCCCCCCCCCCC)C(=O)P(=O)(O)ONS(=O)(=O)c1ccc(-c2c3ccc(=[N+](CC)CC)cc-3oc3cc(C(C)NCC)ccc23)c(S(=O)(=O)O)c1. The molecule has 4 rings (SSSR count). The normalized spacial score (nSPS) is 13.5. The molecule has 0 spiro atoms. The van der Waals surface area contributed by atoms with Crippen molar-refractivity contribution in [2.24, 2.45) is 0 Å². The monoisotopic (exact) mass is 1200 g/mol. The summed E-state index contributed by atoms with van der Waals surface area (Å²) < 4.78 is 103. The van der Waals surface area contributed by atoms with E-state index in [2.05, 4.69) is 23.7 Å². The Kier molecular flexibility index (Phi) is 31.8. The summed E-state index contributed by atoms with van der Waals surface area (Å²) in [5.74, 6) is -1.24. The highest BCUT2D eigenvalue weighted by atomic mass is 32.2. The minimum Gasteiger partial charge on any atom is -0.461 e. The topological polar surface area (TPSA) is 245 Å². The van der Waals surface area contributed by atoms with Crippen molar-refractivity contribution in [1.82, 2.24) is 14.8 Å². The molecule has 0 amide bonds. The van der Waals surface area contributed by atoms with E-state index in [1.807, 2.05) is 52.0 Å². The summed E-state index contributed by atoms with van der Waals surface area (Å²) in [6, 6.07) is 13.6. The van der Waals surface area contributed by atoms with Gasteiger partial charge in [0.15, 0.2) is 0 Å². The molecule has 0 saturated carbocycles. The number of sulfonamides is 1. The van der Waals surface area contributed by atoms with Crippen LogP contribution in [-0.4, -0.2) is 76.1 Å². The molecule has 2 aromatic carbocycles. The molecule has 0 saturated heterocycles. The Hall–Kier alpha value is -4.33. The van der Waals surface area contributed by atoms with Crippen LogP contribution in [0.25, 0.3) is 33.4 Å². The molecule has 1 aliphatic carbocycles. The van der Waals surface area contributed by atoms with Gasteiger partial charge in [0.2, 0.25) is 11.5 Å². The van der Waals surface area contributed by atoms with Gasteiger partial charge in [-0.05, 0) is 70.0 Å². The lowest BCUT2D eigenvalue weighted by atomic mass is 9.92. The average molecular weight is 1200 g/mol. The Labute approximate surface area is 489 Å². The molecule has 0 radical (unpaired) electrons. The lowest BCUT2D eigenvalue weighted by molar-refractivity contribution is -0.162. The van der Waals surface area contributed by atoms with E-state index >= 15 is 0 Å². The van der Waals surface area contributed by atoms with Gasteiger partial charge in [-0.1, -0.05) is 198 Å². The third-order valence-electron chi connectivity index (χ3n) is 15.1. The van der Waals surface area contributed by atoms with Crippen LogP contribution >= 0.6 is 7.60 Å². The number of nitrogens with zero attached hydrogens (tertiary/aromatic N) is 1. The van der Waals surface area contributed by atoms with Crippen LogP contribution in [0.3, 0.4) is 0 Å². The van der Waals surface area contributed by atoms with E-state index in [0.29, 0.717) is 72.8 Å². The van der Waals surface area contributed by atoms with Gasteiger partial charge in [-0.2, -0.15) is 13.0 Å². The molecule has 1 aliphatic heterocycles. The van der Waals surface area contributed by atoms with Gasteiger partial charge < -0.3 is 24.1 Å². The minimum absolute atomic E-state index is 0.0103. The van der Waals surface area contributed by atoms with Crippen molar-refractivity contribution in [3.05, 3.63) is 65.5 Å². The van der Waals surface area contributed by atoms with Crippen LogP contribution < -0.4 is 20.1 Å². The molecule has 460 valence electrons. The second-order valence-electron chi connectivity index (χ2n) is 21.7. The molecule has 2 aromatic rings. The smallest absolute Gasteiger partial charge is 0.415 e. The molecule has 3 atom stereocenters. The molecule has 0 aromatic heterocycles. The zero-order valence-electron chi connectivity index (χ0n) is 50.0. The summed E-state index contributed by atoms with van der Waals surface area (Å²) in [5.41, 5.74) is 0.147. The van der Waals surface area contributed by atoms with E-state index in [9.17, 15) is 45.2 Å². The molecule has 1 heterocycles. The van der Waals surface area contributed by atoms with E-state index in [1.54, 1.807) is 12.1 Å². The van der Waals surface area contributed by atoms with Gasteiger partial charge in [-0.25, -0.2) is 17.6 Å². The largest absolute Gasteiger partial charge is 0.461 e. The second kappa shape index (κ2) is 37.2. The molecule has 0 bridgehead atoms. The first-order valence-corrected chi connectivity index (χ1v) is 35.2. The zero-order valence-corrected chi connectivity index (χ0v) is 52.5. The van der Waals surface area contributed by atoms with Crippen LogP contribution in [0.4, 0.5) is 0 Å². The number of esters is 2. The lowest BCUT2D eigenvalue weighted by Gasteiger charge is -2.20. The van der Waals surface area contributed by atoms with E-state index in [-0.39, 0.29) is 24.4 Å². The third-order valence-corrected chi connectivity index (χ3v) is 18.5. The fourth-order valence-corrected chi connectivity index (χ4v) is 13.1. The summed E-state index contributed by atoms with van der Waals surface area (Å²) >= 11 is 0. The summed E-state index contributed by atoms with van der Waals surface area (Å²) in [7, 11) is -16.1. The highest BCUT2D eigenvalue weighted by molar-refractivity contribution is 7.89. The van der Waals surface area contributed by atoms with Gasteiger partial charge in [0.05, 0.1) is 11.0 Å². The molecular weight excluding hydrogens is 1110 g/mol. The van der Waals surface area contributed by atoms with Crippen LogP contribution in [0.5, 0.6) is 0 Å². The van der Waals surface area contributed by atoms with Crippen LogP contribution in [0.2, 0.25) is 0 Å². The standard InChI is InChI=1S/C62H96N3O14PS2/c1-7-12-14-16-18-20-22-24-26-28-30-32-34-36-59(66)76-47-57(78-60(67)37-35-33-31-29-27-25-23-21-19-17-15-13-8-2)62(68)80(69,70)79-64-81(71,72)51-40-43-54(58(46-51)82(73,74)75)61-52-41-38-49(48(6)63-9-3)44-55(52)77-56-45-50(39-42-53(56)61)65(10-4)11-5/h38-46,48,57,63-64H,7-37,47H2,1-6H3,(H-,69,70,73,74,75)/p+1. The van der Waals surface area contributed by atoms with Crippen molar-refractivity contribution in [3.63, 3.8) is 0 Å². The van der Waals surface area contributed by atoms with Gasteiger partial charge in [-0.3, -0.25) is 18.9 Å². The summed E-state index contributed by atoms with van der Waals surface area (Å²) in [5, 5.41) is 4.64. The predicted molar refractivity (Wildman–Crippen MR) is 324 cm³/mol. The third kappa shape index (κ3) is 23.6. The van der Waals surface area contributed by atoms with Crippen LogP contribution in [0, 0.1) is 0 Å². The fourth-order valence-electron chi connectivity index (χ4n) is 10.3. The molecule has 2 aliphatic rings. The molecule has 4 N–H and O–H groups in total. The molecule has 20 heteroatoms. The predicted octanol–water partition coefficient (Wildman–Crippen LogP) is 14.3. The van der Waals surface area contributed by atoms with Crippen molar-refractivity contribution < 1.29 is 63.7 Å². The van der Waals surface area contributed by atoms with Gasteiger partial charge in [0.1, 0.15) is 35.9 Å². The van der Waals surface area contributed by atoms with Crippen LogP contribution in [-0.2, 0) is 53.2 Å². The number of hydrogen-bond acceptors (Lipinski definition) is 13. The fraction of sp³-hybridized carbons (Fsp3) is 0.645. The van der Waals surface area contributed by atoms with Crippen molar-refractivity contribution >= 4 is 56.2 Å². The van der Waals surface area contributed by atoms with E-state index < -0.39 is 67.7 Å². The number of carbonyl (C=O) groups excluding carboxylic acids is 3. The Balaban J connectivity index is 1.50. The Morgan fingerprint density at radius 1 is 0.634 bits per heavy atom. The number of ether oxygens (including phenoxy) is 2. The van der Waals surface area contributed by atoms with Crippen molar-refractivity contribution in [1.29, 1.82) is 0 Å².